The average molecular weight is 473 g/mol. The van der Waals surface area contributed by atoms with Gasteiger partial charge in [0.25, 0.3) is 0 Å². The van der Waals surface area contributed by atoms with Crippen LogP contribution in [0.3, 0.4) is 0 Å². The van der Waals surface area contributed by atoms with E-state index < -0.39 is 27.7 Å². The van der Waals surface area contributed by atoms with Crippen LogP contribution in [0.1, 0.15) is 36.8 Å². The number of piperidine rings is 1. The summed E-state index contributed by atoms with van der Waals surface area (Å²) >= 11 is 0. The molecule has 2 aromatic carbocycles. The Labute approximate surface area is 192 Å². The fraction of sp³-hybridized carbons (Fsp3) is 0.348. The molecule has 0 aromatic heterocycles. The molecule has 33 heavy (non-hydrogen) atoms. The van der Waals surface area contributed by atoms with Crippen LogP contribution >= 0.6 is 0 Å². The van der Waals surface area contributed by atoms with Crippen LogP contribution in [-0.2, 0) is 19.6 Å². The van der Waals surface area contributed by atoms with Gasteiger partial charge in [-0.3, -0.25) is 9.59 Å². The van der Waals surface area contributed by atoms with Gasteiger partial charge in [-0.05, 0) is 62.1 Å². The maximum absolute atomic E-state index is 13.6. The molecule has 0 saturated carbocycles. The monoisotopic (exact) mass is 472 g/mol. The zero-order chi connectivity index (χ0) is 24.0. The fourth-order valence-electron chi connectivity index (χ4n) is 3.79. The molecule has 1 unspecified atom stereocenters. The second kappa shape index (κ2) is 10.6. The molecule has 1 heterocycles. The minimum absolute atomic E-state index is 0.0351. The number of hydrogen-bond acceptors (Lipinski definition) is 5. The van der Waals surface area contributed by atoms with Crippen LogP contribution in [0, 0.1) is 24.1 Å². The second-order valence-electron chi connectivity index (χ2n) is 7.83. The summed E-state index contributed by atoms with van der Waals surface area (Å²) < 4.78 is 41.3. The largest absolute Gasteiger partial charge is 0.348 e. The summed E-state index contributed by atoms with van der Waals surface area (Å²) in [6.45, 7) is 1.95. The number of benzene rings is 2. The van der Waals surface area contributed by atoms with E-state index in [9.17, 15) is 22.4 Å². The Morgan fingerprint density at radius 2 is 1.94 bits per heavy atom. The van der Waals surface area contributed by atoms with Crippen molar-refractivity contribution in [2.75, 3.05) is 18.4 Å². The fourth-order valence-corrected chi connectivity index (χ4v) is 5.60. The predicted octanol–water partition coefficient (Wildman–Crippen LogP) is 2.69. The van der Waals surface area contributed by atoms with E-state index in [1.807, 2.05) is 6.07 Å². The summed E-state index contributed by atoms with van der Waals surface area (Å²) in [7, 11) is -3.82. The minimum Gasteiger partial charge on any atom is -0.348 e. The third-order valence-corrected chi connectivity index (χ3v) is 7.52. The molecule has 0 aliphatic carbocycles. The lowest BCUT2D eigenvalue weighted by atomic mass is 10.0. The van der Waals surface area contributed by atoms with Crippen LogP contribution in [0.15, 0.2) is 47.4 Å². The number of rotatable bonds is 6. The summed E-state index contributed by atoms with van der Waals surface area (Å²) in [6.07, 6.45) is 2.51. The van der Waals surface area contributed by atoms with Gasteiger partial charge < -0.3 is 10.6 Å². The molecule has 174 valence electrons. The number of sulfonamides is 1. The summed E-state index contributed by atoms with van der Waals surface area (Å²) in [4.78, 5) is 24.4. The number of amides is 2. The first-order valence-corrected chi connectivity index (χ1v) is 12.0. The molecular weight excluding hydrogens is 447 g/mol. The van der Waals surface area contributed by atoms with Crippen LogP contribution in [0.25, 0.3) is 0 Å². The van der Waals surface area contributed by atoms with Crippen molar-refractivity contribution in [2.24, 2.45) is 0 Å². The van der Waals surface area contributed by atoms with Gasteiger partial charge in [-0.2, -0.15) is 9.57 Å². The maximum atomic E-state index is 13.6. The minimum atomic E-state index is -3.82. The van der Waals surface area contributed by atoms with Crippen molar-refractivity contribution in [3.05, 3.63) is 59.4 Å². The Morgan fingerprint density at radius 1 is 1.18 bits per heavy atom. The first-order chi connectivity index (χ1) is 15.7. The van der Waals surface area contributed by atoms with E-state index in [1.54, 1.807) is 12.1 Å². The standard InChI is InChI=1S/C23H25FN4O4S/c1-16-14-19(9-10-20(16)24)33(31,32)28-13-5-4-7-18(28)11-12-26-22(29)23(30)27-21-8-3-2-6-17(21)15-25/h2-3,6,8-10,14,18H,4-5,7,11-13H2,1H3,(H,26,29)(H,27,30). The van der Waals surface area contributed by atoms with Gasteiger partial charge in [-0.1, -0.05) is 18.6 Å². The highest BCUT2D eigenvalue weighted by Crippen LogP contribution is 2.27. The van der Waals surface area contributed by atoms with Gasteiger partial charge >= 0.3 is 11.8 Å². The van der Waals surface area contributed by atoms with Crippen molar-refractivity contribution in [3.8, 4) is 6.07 Å². The summed E-state index contributed by atoms with van der Waals surface area (Å²) in [5.41, 5.74) is 0.720. The number of hydrogen-bond donors (Lipinski definition) is 2. The third-order valence-electron chi connectivity index (χ3n) is 5.57. The second-order valence-corrected chi connectivity index (χ2v) is 9.72. The molecule has 3 rings (SSSR count). The lowest BCUT2D eigenvalue weighted by molar-refractivity contribution is -0.136. The summed E-state index contributed by atoms with van der Waals surface area (Å²) in [6, 6.07) is 11.6. The van der Waals surface area contributed by atoms with Gasteiger partial charge in [-0.25, -0.2) is 12.8 Å². The van der Waals surface area contributed by atoms with E-state index >= 15 is 0 Å². The number of halogens is 1. The number of para-hydroxylation sites is 1. The average Bonchev–Trinajstić information content (AvgIpc) is 2.81. The van der Waals surface area contributed by atoms with Gasteiger partial charge in [0, 0.05) is 19.1 Å². The third kappa shape index (κ3) is 5.74. The molecule has 2 aromatic rings. The summed E-state index contributed by atoms with van der Waals surface area (Å²) in [5.74, 6) is -2.25. The van der Waals surface area contributed by atoms with Crippen LogP contribution in [0.2, 0.25) is 0 Å². The SMILES string of the molecule is Cc1cc(S(=O)(=O)N2CCCCC2CCNC(=O)C(=O)Nc2ccccc2C#N)ccc1F. The lowest BCUT2D eigenvalue weighted by Gasteiger charge is -2.34. The zero-order valence-electron chi connectivity index (χ0n) is 18.2. The van der Waals surface area contributed by atoms with Crippen molar-refractivity contribution in [2.45, 2.75) is 43.5 Å². The molecule has 8 nitrogen and oxygen atoms in total. The van der Waals surface area contributed by atoms with Crippen molar-refractivity contribution in [1.82, 2.24) is 9.62 Å². The molecule has 0 bridgehead atoms. The molecule has 0 radical (unpaired) electrons. The number of aryl methyl sites for hydroxylation is 1. The first-order valence-electron chi connectivity index (χ1n) is 10.6. The number of carbonyl (C=O) groups excluding carboxylic acids is 2. The molecule has 1 aliphatic rings. The van der Waals surface area contributed by atoms with E-state index in [0.717, 1.165) is 12.5 Å². The van der Waals surface area contributed by atoms with Gasteiger partial charge in [0.15, 0.2) is 0 Å². The maximum Gasteiger partial charge on any atom is 0.313 e. The molecule has 2 N–H and O–H groups in total. The lowest BCUT2D eigenvalue weighted by Crippen LogP contribution is -2.45. The van der Waals surface area contributed by atoms with Crippen LogP contribution in [0.5, 0.6) is 0 Å². The number of nitriles is 1. The first kappa shape index (κ1) is 24.4. The van der Waals surface area contributed by atoms with Crippen molar-refractivity contribution < 1.29 is 22.4 Å². The van der Waals surface area contributed by atoms with Crippen LogP contribution in [0.4, 0.5) is 10.1 Å². The highest BCUT2D eigenvalue weighted by Gasteiger charge is 2.33. The van der Waals surface area contributed by atoms with E-state index in [2.05, 4.69) is 10.6 Å². The molecule has 1 atom stereocenters. The predicted molar refractivity (Wildman–Crippen MR) is 120 cm³/mol. The van der Waals surface area contributed by atoms with E-state index in [4.69, 9.17) is 5.26 Å². The van der Waals surface area contributed by atoms with E-state index in [0.29, 0.717) is 25.8 Å². The number of carbonyl (C=O) groups is 2. The number of anilines is 1. The van der Waals surface area contributed by atoms with Crippen LogP contribution in [-0.4, -0.2) is 43.7 Å². The Balaban J connectivity index is 1.61. The quantitative estimate of drug-likeness (QED) is 0.627. The van der Waals surface area contributed by atoms with Gasteiger partial charge in [0.2, 0.25) is 10.0 Å². The molecular formula is C23H25FN4O4S. The van der Waals surface area contributed by atoms with E-state index in [1.165, 1.54) is 35.5 Å². The highest BCUT2D eigenvalue weighted by atomic mass is 32.2. The molecule has 1 fully saturated rings. The molecule has 1 aliphatic heterocycles. The van der Waals surface area contributed by atoms with Gasteiger partial charge in [0.1, 0.15) is 11.9 Å². The Bertz CT molecular complexity index is 1190. The van der Waals surface area contributed by atoms with Crippen molar-refractivity contribution in [1.29, 1.82) is 5.26 Å². The molecule has 0 spiro atoms. The van der Waals surface area contributed by atoms with Gasteiger partial charge in [0.05, 0.1) is 16.1 Å². The highest BCUT2D eigenvalue weighted by molar-refractivity contribution is 7.89. The van der Waals surface area contributed by atoms with Crippen LogP contribution < -0.4 is 10.6 Å². The Hall–Kier alpha value is -3.29. The Kier molecular flexibility index (Phi) is 7.79. The Morgan fingerprint density at radius 3 is 2.67 bits per heavy atom. The van der Waals surface area contributed by atoms with Crippen molar-refractivity contribution in [3.63, 3.8) is 0 Å². The smallest absolute Gasteiger partial charge is 0.313 e. The molecule has 1 saturated heterocycles. The zero-order valence-corrected chi connectivity index (χ0v) is 19.0. The molecule has 10 heteroatoms. The van der Waals surface area contributed by atoms with E-state index in [-0.39, 0.29) is 34.3 Å². The summed E-state index contributed by atoms with van der Waals surface area (Å²) in [5, 5.41) is 14.0. The van der Waals surface area contributed by atoms with Crippen molar-refractivity contribution >= 4 is 27.5 Å². The number of nitrogens with zero attached hydrogens (tertiary/aromatic N) is 2. The topological polar surface area (TPSA) is 119 Å². The normalized spacial score (nSPS) is 16.6. The van der Waals surface area contributed by atoms with Gasteiger partial charge in [-0.15, -0.1) is 0 Å². The number of nitrogens with one attached hydrogen (secondary N) is 2. The molecule has 2 amide bonds.